The Labute approximate surface area is 68.4 Å². The van der Waals surface area contributed by atoms with Gasteiger partial charge in [0, 0.05) is 20.8 Å². The zero-order valence-corrected chi connectivity index (χ0v) is 8.48. The van der Waals surface area contributed by atoms with E-state index in [0.29, 0.717) is 12.0 Å². The van der Waals surface area contributed by atoms with Crippen LogP contribution in [0.15, 0.2) is 0 Å². The smallest absolute Gasteiger partial charge is 0.376 e. The van der Waals surface area contributed by atoms with E-state index < -0.39 is 8.80 Å². The van der Waals surface area contributed by atoms with E-state index in [1.807, 2.05) is 6.92 Å². The van der Waals surface area contributed by atoms with Gasteiger partial charge in [-0.25, -0.2) is 0 Å². The van der Waals surface area contributed by atoms with Crippen LogP contribution >= 0.6 is 12.6 Å². The lowest BCUT2D eigenvalue weighted by Crippen LogP contribution is -2.46. The summed E-state index contributed by atoms with van der Waals surface area (Å²) in [5.74, 6) is 0. The minimum atomic E-state index is -2.35. The molecule has 0 fully saturated rings. The maximum Gasteiger partial charge on any atom is 0.510 e. The molecule has 0 heterocycles. The molecule has 0 amide bonds. The molecule has 0 radical (unpaired) electrons. The normalized spacial score (nSPS) is 12.0. The van der Waals surface area contributed by atoms with Crippen LogP contribution in [0.5, 0.6) is 0 Å². The topological polar surface area (TPSA) is 27.7 Å². The quantitative estimate of drug-likeness (QED) is 0.501. The minimum absolute atomic E-state index is 0.522. The molecule has 0 atom stereocenters. The van der Waals surface area contributed by atoms with Gasteiger partial charge in [-0.15, -0.1) is 0 Å². The van der Waals surface area contributed by atoms with Gasteiger partial charge in [-0.2, -0.15) is 12.6 Å². The molecule has 0 bridgehead atoms. The van der Waals surface area contributed by atoms with Gasteiger partial charge in [-0.05, 0) is 6.92 Å². The molecular formula is C5H14O3SSi. The van der Waals surface area contributed by atoms with Crippen molar-refractivity contribution in [1.82, 2.24) is 0 Å². The first-order valence-corrected chi connectivity index (χ1v) is 5.66. The lowest BCUT2D eigenvalue weighted by atomic mass is 10.9. The van der Waals surface area contributed by atoms with Gasteiger partial charge in [0.2, 0.25) is 0 Å². The van der Waals surface area contributed by atoms with Crippen LogP contribution < -0.4 is 0 Å². The van der Waals surface area contributed by atoms with Gasteiger partial charge in [-0.1, -0.05) is 0 Å². The average molecular weight is 182 g/mol. The van der Waals surface area contributed by atoms with Gasteiger partial charge in [0.25, 0.3) is 0 Å². The molecule has 0 saturated carbocycles. The van der Waals surface area contributed by atoms with Crippen LogP contribution in [0.3, 0.4) is 0 Å². The van der Waals surface area contributed by atoms with Crippen LogP contribution in [0.4, 0.5) is 0 Å². The molecule has 0 spiro atoms. The van der Waals surface area contributed by atoms with Crippen LogP contribution in [0, 0.1) is 0 Å². The Morgan fingerprint density at radius 1 is 1.30 bits per heavy atom. The third kappa shape index (κ3) is 2.59. The van der Waals surface area contributed by atoms with Crippen molar-refractivity contribution in [2.45, 2.75) is 6.92 Å². The maximum absolute atomic E-state index is 5.30. The van der Waals surface area contributed by atoms with E-state index >= 15 is 0 Å². The Balaban J connectivity index is 3.87. The van der Waals surface area contributed by atoms with Crippen LogP contribution in [0.25, 0.3) is 0 Å². The maximum atomic E-state index is 5.30. The summed E-state index contributed by atoms with van der Waals surface area (Å²) in [6, 6.07) is 0. The highest BCUT2D eigenvalue weighted by molar-refractivity contribution is 7.82. The van der Waals surface area contributed by atoms with Crippen molar-refractivity contribution in [3.05, 3.63) is 0 Å². The van der Waals surface area contributed by atoms with E-state index in [-0.39, 0.29) is 0 Å². The SMILES string of the molecule is CCO[Si](CS)(OC)OC. The fourth-order valence-corrected chi connectivity index (χ4v) is 2.84. The molecule has 0 unspecified atom stereocenters. The van der Waals surface area contributed by atoms with Crippen molar-refractivity contribution in [1.29, 1.82) is 0 Å². The summed E-state index contributed by atoms with van der Waals surface area (Å²) in [7, 11) is 0.817. The van der Waals surface area contributed by atoms with E-state index in [0.717, 1.165) is 0 Å². The lowest BCUT2D eigenvalue weighted by Gasteiger charge is -2.23. The molecule has 0 saturated heterocycles. The summed E-state index contributed by atoms with van der Waals surface area (Å²) < 4.78 is 15.5. The van der Waals surface area contributed by atoms with Crippen LogP contribution in [-0.2, 0) is 13.3 Å². The van der Waals surface area contributed by atoms with Crippen molar-refractivity contribution in [2.24, 2.45) is 0 Å². The van der Waals surface area contributed by atoms with Gasteiger partial charge in [0.05, 0.1) is 5.38 Å². The van der Waals surface area contributed by atoms with Gasteiger partial charge >= 0.3 is 8.80 Å². The second kappa shape index (κ2) is 5.14. The average Bonchev–Trinajstić information content (AvgIpc) is 2.01. The van der Waals surface area contributed by atoms with E-state index in [1.54, 1.807) is 14.2 Å². The first kappa shape index (κ1) is 10.4. The predicted molar refractivity (Wildman–Crippen MR) is 45.3 cm³/mol. The lowest BCUT2D eigenvalue weighted by molar-refractivity contribution is 0.111. The molecule has 0 N–H and O–H groups in total. The molecule has 62 valence electrons. The van der Waals surface area contributed by atoms with Crippen molar-refractivity contribution < 1.29 is 13.3 Å². The Morgan fingerprint density at radius 3 is 1.90 bits per heavy atom. The predicted octanol–water partition coefficient (Wildman–Crippen LogP) is 0.724. The van der Waals surface area contributed by atoms with Crippen molar-refractivity contribution in [2.75, 3.05) is 26.2 Å². The fourth-order valence-electron chi connectivity index (χ4n) is 0.596. The summed E-state index contributed by atoms with van der Waals surface area (Å²) in [6.45, 7) is 2.51. The first-order valence-electron chi connectivity index (χ1n) is 3.09. The zero-order valence-electron chi connectivity index (χ0n) is 6.59. The van der Waals surface area contributed by atoms with E-state index in [1.165, 1.54) is 0 Å². The van der Waals surface area contributed by atoms with Crippen molar-refractivity contribution in [3.8, 4) is 0 Å². The molecule has 5 heteroatoms. The number of hydrogen-bond acceptors (Lipinski definition) is 4. The Morgan fingerprint density at radius 2 is 1.80 bits per heavy atom. The fraction of sp³-hybridized carbons (Fsp3) is 1.00. The van der Waals surface area contributed by atoms with Crippen LogP contribution in [0.2, 0.25) is 0 Å². The number of thiol groups is 1. The monoisotopic (exact) mass is 182 g/mol. The van der Waals surface area contributed by atoms with Crippen molar-refractivity contribution in [3.63, 3.8) is 0 Å². The molecule has 0 rings (SSSR count). The highest BCUT2D eigenvalue weighted by Crippen LogP contribution is 2.08. The molecule has 10 heavy (non-hydrogen) atoms. The summed E-state index contributed by atoms with van der Waals surface area (Å²) in [4.78, 5) is 0. The molecule has 0 aromatic carbocycles. The molecule has 0 aromatic rings. The molecular weight excluding hydrogens is 168 g/mol. The third-order valence-electron chi connectivity index (χ3n) is 1.18. The number of hydrogen-bond donors (Lipinski definition) is 1. The number of rotatable bonds is 5. The van der Waals surface area contributed by atoms with E-state index in [4.69, 9.17) is 13.3 Å². The van der Waals surface area contributed by atoms with Gasteiger partial charge < -0.3 is 13.3 Å². The zero-order chi connectivity index (χ0) is 8.04. The van der Waals surface area contributed by atoms with Gasteiger partial charge in [0.15, 0.2) is 0 Å². The molecule has 0 aromatic heterocycles. The summed E-state index contributed by atoms with van der Waals surface area (Å²) in [5, 5.41) is 0.522. The first-order chi connectivity index (χ1) is 4.74. The summed E-state index contributed by atoms with van der Waals surface area (Å²) in [5.41, 5.74) is 0. The summed E-state index contributed by atoms with van der Waals surface area (Å²) in [6.07, 6.45) is 0. The minimum Gasteiger partial charge on any atom is -0.376 e. The van der Waals surface area contributed by atoms with Gasteiger partial charge in [-0.3, -0.25) is 0 Å². The Hall–Kier alpha value is 0.447. The van der Waals surface area contributed by atoms with Crippen LogP contribution in [-0.4, -0.2) is 35.0 Å². The van der Waals surface area contributed by atoms with E-state index in [2.05, 4.69) is 12.6 Å². The largest absolute Gasteiger partial charge is 0.510 e. The van der Waals surface area contributed by atoms with Gasteiger partial charge in [0.1, 0.15) is 0 Å². The molecule has 0 aliphatic carbocycles. The van der Waals surface area contributed by atoms with Crippen LogP contribution in [0.1, 0.15) is 6.92 Å². The second-order valence-corrected chi connectivity index (χ2v) is 5.42. The standard InChI is InChI=1S/C5H14O3SSi/c1-4-8-10(5-9,6-2)7-3/h9H,4-5H2,1-3H3. The molecule has 3 nitrogen and oxygen atoms in total. The third-order valence-corrected chi connectivity index (χ3v) is 4.70. The Bertz CT molecular complexity index is 78.7. The highest BCUT2D eigenvalue weighted by atomic mass is 32.1. The van der Waals surface area contributed by atoms with Crippen molar-refractivity contribution >= 4 is 21.4 Å². The highest BCUT2D eigenvalue weighted by Gasteiger charge is 2.36. The van der Waals surface area contributed by atoms with E-state index in [9.17, 15) is 0 Å². The Kier molecular flexibility index (Phi) is 5.37. The second-order valence-electron chi connectivity index (χ2n) is 1.68. The summed E-state index contributed by atoms with van der Waals surface area (Å²) >= 11 is 4.08. The molecule has 0 aliphatic rings. The molecule has 0 aliphatic heterocycles.